The monoisotopic (exact) mass is 368 g/mol. The first-order chi connectivity index (χ1) is 13.2. The van der Waals surface area contributed by atoms with E-state index in [4.69, 9.17) is 4.74 Å². The first-order valence-electron chi connectivity index (χ1n) is 9.93. The number of carbonyl (C=O) groups is 1. The predicted molar refractivity (Wildman–Crippen MR) is 105 cm³/mol. The molecule has 0 radical (unpaired) electrons. The van der Waals surface area contributed by atoms with Crippen LogP contribution < -0.4 is 10.1 Å². The number of rotatable bonds is 4. The summed E-state index contributed by atoms with van der Waals surface area (Å²) >= 11 is 0. The molecule has 1 saturated heterocycles. The Balaban J connectivity index is 1.52. The minimum atomic E-state index is -0.0422. The third kappa shape index (κ3) is 3.66. The van der Waals surface area contributed by atoms with Crippen molar-refractivity contribution in [3.8, 4) is 5.75 Å². The minimum Gasteiger partial charge on any atom is -0.497 e. The summed E-state index contributed by atoms with van der Waals surface area (Å²) in [5.41, 5.74) is 2.07. The lowest BCUT2D eigenvalue weighted by Gasteiger charge is -2.26. The summed E-state index contributed by atoms with van der Waals surface area (Å²) in [5.74, 6) is 1.65. The maximum Gasteiger partial charge on any atom is 0.323 e. The topological polar surface area (TPSA) is 59.4 Å². The van der Waals surface area contributed by atoms with Crippen LogP contribution in [0.15, 0.2) is 30.3 Å². The first-order valence-corrected chi connectivity index (χ1v) is 9.93. The molecule has 0 spiro atoms. The summed E-state index contributed by atoms with van der Waals surface area (Å²) in [7, 11) is 1.67. The molecule has 2 aromatic rings. The van der Waals surface area contributed by atoms with Crippen LogP contribution in [0.3, 0.4) is 0 Å². The summed E-state index contributed by atoms with van der Waals surface area (Å²) in [5, 5.41) is 7.77. The van der Waals surface area contributed by atoms with Gasteiger partial charge in [-0.3, -0.25) is 5.32 Å². The standard InChI is InChI=1S/C21H28N4O2/c1-15-13-20(25(23-15)17-8-3-4-9-17)22-21(26)24-12-6-11-19(24)16-7-5-10-18(14-16)27-2/h5,7,10,13-14,17,19H,3-4,6,8-9,11-12H2,1-2H3,(H,22,26)/t19-/m0/s1. The van der Waals surface area contributed by atoms with Crippen LogP contribution in [0.2, 0.25) is 0 Å². The molecule has 2 heterocycles. The first kappa shape index (κ1) is 17.9. The zero-order chi connectivity index (χ0) is 18.8. The van der Waals surface area contributed by atoms with Gasteiger partial charge in [0.25, 0.3) is 0 Å². The average Bonchev–Trinajstić information content (AvgIpc) is 3.42. The Hall–Kier alpha value is -2.50. The Morgan fingerprint density at radius 1 is 1.19 bits per heavy atom. The number of aryl methyl sites for hydroxylation is 1. The van der Waals surface area contributed by atoms with Gasteiger partial charge in [0.2, 0.25) is 0 Å². The highest BCUT2D eigenvalue weighted by atomic mass is 16.5. The normalized spacial score (nSPS) is 20.2. The summed E-state index contributed by atoms with van der Waals surface area (Å²) in [6.45, 7) is 2.75. The molecule has 0 unspecified atom stereocenters. The fourth-order valence-corrected chi connectivity index (χ4v) is 4.42. The van der Waals surface area contributed by atoms with Crippen molar-refractivity contribution in [3.05, 3.63) is 41.6 Å². The van der Waals surface area contributed by atoms with Crippen LogP contribution in [-0.2, 0) is 0 Å². The Kier molecular flexibility index (Phi) is 5.05. The van der Waals surface area contributed by atoms with Gasteiger partial charge in [-0.2, -0.15) is 5.10 Å². The van der Waals surface area contributed by atoms with Gasteiger partial charge in [0, 0.05) is 12.6 Å². The van der Waals surface area contributed by atoms with E-state index >= 15 is 0 Å². The second kappa shape index (κ2) is 7.62. The van der Waals surface area contributed by atoms with Crippen LogP contribution in [0.4, 0.5) is 10.6 Å². The van der Waals surface area contributed by atoms with E-state index in [1.54, 1.807) is 7.11 Å². The molecular weight excluding hydrogens is 340 g/mol. The van der Waals surface area contributed by atoms with Gasteiger partial charge in [0.1, 0.15) is 11.6 Å². The molecule has 1 saturated carbocycles. The van der Waals surface area contributed by atoms with Crippen molar-refractivity contribution in [1.82, 2.24) is 14.7 Å². The van der Waals surface area contributed by atoms with Gasteiger partial charge in [0.05, 0.1) is 24.9 Å². The van der Waals surface area contributed by atoms with Crippen LogP contribution in [0.5, 0.6) is 5.75 Å². The molecule has 1 atom stereocenters. The van der Waals surface area contributed by atoms with Crippen LogP contribution >= 0.6 is 0 Å². The van der Waals surface area contributed by atoms with E-state index < -0.39 is 0 Å². The zero-order valence-electron chi connectivity index (χ0n) is 16.1. The number of benzene rings is 1. The number of likely N-dealkylation sites (tertiary alicyclic amines) is 1. The zero-order valence-corrected chi connectivity index (χ0v) is 16.1. The largest absolute Gasteiger partial charge is 0.497 e. The van der Waals surface area contributed by atoms with E-state index in [-0.39, 0.29) is 12.1 Å². The maximum absolute atomic E-state index is 13.1. The smallest absolute Gasteiger partial charge is 0.323 e. The van der Waals surface area contributed by atoms with Crippen molar-refractivity contribution < 1.29 is 9.53 Å². The van der Waals surface area contributed by atoms with E-state index in [9.17, 15) is 4.79 Å². The molecule has 1 N–H and O–H groups in total. The number of nitrogens with zero attached hydrogens (tertiary/aromatic N) is 3. The van der Waals surface area contributed by atoms with Crippen molar-refractivity contribution in [3.63, 3.8) is 0 Å². The number of anilines is 1. The van der Waals surface area contributed by atoms with Crippen molar-refractivity contribution in [2.75, 3.05) is 19.0 Å². The van der Waals surface area contributed by atoms with Crippen LogP contribution in [-0.4, -0.2) is 34.4 Å². The maximum atomic E-state index is 13.1. The third-order valence-electron chi connectivity index (χ3n) is 5.76. The van der Waals surface area contributed by atoms with Crippen LogP contribution in [0.1, 0.15) is 61.9 Å². The number of urea groups is 1. The van der Waals surface area contributed by atoms with Gasteiger partial charge in [-0.1, -0.05) is 25.0 Å². The number of carbonyl (C=O) groups excluding carboxylic acids is 1. The molecule has 1 aliphatic carbocycles. The van der Waals surface area contributed by atoms with Crippen molar-refractivity contribution in [1.29, 1.82) is 0 Å². The number of hydrogen-bond acceptors (Lipinski definition) is 3. The minimum absolute atomic E-state index is 0.0422. The molecule has 0 bridgehead atoms. The summed E-state index contributed by atoms with van der Waals surface area (Å²) in [6.07, 6.45) is 6.74. The average molecular weight is 368 g/mol. The van der Waals surface area contributed by atoms with E-state index in [2.05, 4.69) is 16.5 Å². The highest BCUT2D eigenvalue weighted by Crippen LogP contribution is 2.35. The fraction of sp³-hybridized carbons (Fsp3) is 0.524. The van der Waals surface area contributed by atoms with Gasteiger partial charge in [-0.05, 0) is 50.3 Å². The summed E-state index contributed by atoms with van der Waals surface area (Å²) in [6, 6.07) is 10.5. The Labute approximate surface area is 160 Å². The summed E-state index contributed by atoms with van der Waals surface area (Å²) < 4.78 is 7.38. The molecular formula is C21H28N4O2. The van der Waals surface area contributed by atoms with Gasteiger partial charge >= 0.3 is 6.03 Å². The summed E-state index contributed by atoms with van der Waals surface area (Å²) in [4.78, 5) is 15.0. The molecule has 2 aliphatic rings. The van der Waals surface area contributed by atoms with E-state index in [1.807, 2.05) is 40.8 Å². The van der Waals surface area contributed by atoms with E-state index in [0.717, 1.165) is 55.1 Å². The van der Waals surface area contributed by atoms with Gasteiger partial charge in [-0.15, -0.1) is 0 Å². The number of nitrogens with one attached hydrogen (secondary N) is 1. The molecule has 1 aliphatic heterocycles. The SMILES string of the molecule is COc1cccc([C@@H]2CCCN2C(=O)Nc2cc(C)nn2C2CCCC2)c1. The van der Waals surface area contributed by atoms with Crippen LogP contribution in [0.25, 0.3) is 0 Å². The number of methoxy groups -OCH3 is 1. The van der Waals surface area contributed by atoms with Gasteiger partial charge in [0.15, 0.2) is 0 Å². The lowest BCUT2D eigenvalue weighted by molar-refractivity contribution is 0.206. The molecule has 27 heavy (non-hydrogen) atoms. The van der Waals surface area contributed by atoms with Crippen LogP contribution in [0, 0.1) is 6.92 Å². The second-order valence-corrected chi connectivity index (χ2v) is 7.61. The number of amides is 2. The molecule has 1 aromatic heterocycles. The van der Waals surface area contributed by atoms with Crippen molar-refractivity contribution in [2.45, 2.75) is 57.5 Å². The molecule has 6 nitrogen and oxygen atoms in total. The lowest BCUT2D eigenvalue weighted by Crippen LogP contribution is -2.35. The molecule has 2 fully saturated rings. The lowest BCUT2D eigenvalue weighted by atomic mass is 10.0. The Morgan fingerprint density at radius 3 is 2.78 bits per heavy atom. The Morgan fingerprint density at radius 2 is 2.00 bits per heavy atom. The highest BCUT2D eigenvalue weighted by molar-refractivity contribution is 5.89. The highest BCUT2D eigenvalue weighted by Gasteiger charge is 2.31. The molecule has 6 heteroatoms. The third-order valence-corrected chi connectivity index (χ3v) is 5.76. The molecule has 1 aromatic carbocycles. The Bertz CT molecular complexity index is 810. The van der Waals surface area contributed by atoms with E-state index in [0.29, 0.717) is 6.04 Å². The fourth-order valence-electron chi connectivity index (χ4n) is 4.42. The number of hydrogen-bond donors (Lipinski definition) is 1. The number of aromatic nitrogens is 2. The molecule has 2 amide bonds. The predicted octanol–water partition coefficient (Wildman–Crippen LogP) is 4.68. The van der Waals surface area contributed by atoms with Crippen molar-refractivity contribution >= 4 is 11.8 Å². The van der Waals surface area contributed by atoms with E-state index in [1.165, 1.54) is 12.8 Å². The molecule has 4 rings (SSSR count). The second-order valence-electron chi connectivity index (χ2n) is 7.61. The number of ether oxygens (including phenoxy) is 1. The van der Waals surface area contributed by atoms with Gasteiger partial charge in [-0.25, -0.2) is 9.48 Å². The van der Waals surface area contributed by atoms with Gasteiger partial charge < -0.3 is 9.64 Å². The molecule has 144 valence electrons. The quantitative estimate of drug-likeness (QED) is 0.852. The van der Waals surface area contributed by atoms with Crippen molar-refractivity contribution in [2.24, 2.45) is 0 Å².